The molecule has 8 heteroatoms. The predicted molar refractivity (Wildman–Crippen MR) is 90.0 cm³/mol. The summed E-state index contributed by atoms with van der Waals surface area (Å²) in [7, 11) is 0. The summed E-state index contributed by atoms with van der Waals surface area (Å²) in [4.78, 5) is 20.5. The third kappa shape index (κ3) is 2.96. The Bertz CT molecular complexity index is 990. The lowest BCUT2D eigenvalue weighted by molar-refractivity contribution is 0.182. The molecule has 1 fully saturated rings. The standard InChI is InChI=1S/C17H16FN5O2/c1-10-2-5-16(24)23(22-10)15-8-25-7-14(15)21-17-12-6-11(18)3-4-13(12)19-9-20-17/h2-6,9,14-15H,7-8H2,1H3,(H,19,20,21). The Hall–Kier alpha value is -2.87. The smallest absolute Gasteiger partial charge is 0.267 e. The molecule has 1 aliphatic heterocycles. The van der Waals surface area contributed by atoms with E-state index >= 15 is 0 Å². The quantitative estimate of drug-likeness (QED) is 0.781. The molecule has 2 unspecified atom stereocenters. The van der Waals surface area contributed by atoms with E-state index in [2.05, 4.69) is 20.4 Å². The monoisotopic (exact) mass is 341 g/mol. The SMILES string of the molecule is Cc1ccc(=O)n(C2COCC2Nc2ncnc3ccc(F)cc23)n1. The van der Waals surface area contributed by atoms with E-state index in [-0.39, 0.29) is 23.5 Å². The fourth-order valence-corrected chi connectivity index (χ4v) is 3.00. The number of fused-ring (bicyclic) bond motifs is 1. The van der Waals surface area contributed by atoms with Gasteiger partial charge in [-0.3, -0.25) is 4.79 Å². The molecule has 1 N–H and O–H groups in total. The molecule has 25 heavy (non-hydrogen) atoms. The van der Waals surface area contributed by atoms with E-state index in [1.165, 1.54) is 29.2 Å². The number of rotatable bonds is 3. The van der Waals surface area contributed by atoms with Gasteiger partial charge < -0.3 is 10.1 Å². The highest BCUT2D eigenvalue weighted by Gasteiger charge is 2.32. The van der Waals surface area contributed by atoms with Gasteiger partial charge in [-0.2, -0.15) is 5.10 Å². The summed E-state index contributed by atoms with van der Waals surface area (Å²) >= 11 is 0. The second-order valence-corrected chi connectivity index (χ2v) is 6.00. The zero-order chi connectivity index (χ0) is 17.4. The van der Waals surface area contributed by atoms with E-state index in [4.69, 9.17) is 4.74 Å². The second-order valence-electron chi connectivity index (χ2n) is 6.00. The number of aromatic nitrogens is 4. The molecule has 7 nitrogen and oxygen atoms in total. The van der Waals surface area contributed by atoms with E-state index in [0.29, 0.717) is 29.9 Å². The molecule has 1 saturated heterocycles. The van der Waals surface area contributed by atoms with E-state index in [9.17, 15) is 9.18 Å². The average Bonchev–Trinajstić information content (AvgIpc) is 3.05. The number of nitrogens with one attached hydrogen (secondary N) is 1. The Morgan fingerprint density at radius 3 is 3.00 bits per heavy atom. The van der Waals surface area contributed by atoms with Gasteiger partial charge in [-0.05, 0) is 31.2 Å². The van der Waals surface area contributed by atoms with Crippen molar-refractivity contribution in [2.75, 3.05) is 18.5 Å². The van der Waals surface area contributed by atoms with Crippen LogP contribution >= 0.6 is 0 Å². The highest BCUT2D eigenvalue weighted by atomic mass is 19.1. The lowest BCUT2D eigenvalue weighted by Gasteiger charge is -2.21. The molecule has 128 valence electrons. The molecule has 1 aromatic carbocycles. The number of benzene rings is 1. The maximum atomic E-state index is 13.6. The van der Waals surface area contributed by atoms with Crippen LogP contribution in [0.25, 0.3) is 10.9 Å². The Morgan fingerprint density at radius 2 is 2.12 bits per heavy atom. The van der Waals surface area contributed by atoms with E-state index in [1.807, 2.05) is 6.92 Å². The molecule has 0 radical (unpaired) electrons. The first-order valence-corrected chi connectivity index (χ1v) is 7.93. The fraction of sp³-hybridized carbons (Fsp3) is 0.294. The van der Waals surface area contributed by atoms with Crippen molar-refractivity contribution >= 4 is 16.7 Å². The molecule has 0 amide bonds. The zero-order valence-corrected chi connectivity index (χ0v) is 13.5. The van der Waals surface area contributed by atoms with E-state index < -0.39 is 0 Å². The molecule has 4 rings (SSSR count). The Kier molecular flexibility index (Phi) is 3.89. The molecule has 0 spiro atoms. The summed E-state index contributed by atoms with van der Waals surface area (Å²) in [6.45, 7) is 2.59. The van der Waals surface area contributed by atoms with Crippen LogP contribution in [0.4, 0.5) is 10.2 Å². The summed E-state index contributed by atoms with van der Waals surface area (Å²) in [6.07, 6.45) is 1.42. The first-order valence-electron chi connectivity index (χ1n) is 7.93. The van der Waals surface area contributed by atoms with Gasteiger partial charge in [0.05, 0.1) is 30.5 Å². The number of halogens is 1. The van der Waals surface area contributed by atoms with Crippen molar-refractivity contribution in [3.05, 3.63) is 58.5 Å². The Labute approximate surface area is 142 Å². The van der Waals surface area contributed by atoms with Crippen molar-refractivity contribution < 1.29 is 9.13 Å². The van der Waals surface area contributed by atoms with Gasteiger partial charge in [0.15, 0.2) is 0 Å². The van der Waals surface area contributed by atoms with Crippen LogP contribution in [0, 0.1) is 12.7 Å². The van der Waals surface area contributed by atoms with Gasteiger partial charge in [0.1, 0.15) is 24.0 Å². The Morgan fingerprint density at radius 1 is 1.24 bits per heavy atom. The average molecular weight is 341 g/mol. The van der Waals surface area contributed by atoms with E-state index in [0.717, 1.165) is 5.69 Å². The van der Waals surface area contributed by atoms with Crippen molar-refractivity contribution in [1.29, 1.82) is 0 Å². The van der Waals surface area contributed by atoms with Crippen LogP contribution < -0.4 is 10.9 Å². The number of hydrogen-bond donors (Lipinski definition) is 1. The predicted octanol–water partition coefficient (Wildman–Crippen LogP) is 1.69. The normalized spacial score (nSPS) is 20.1. The van der Waals surface area contributed by atoms with E-state index in [1.54, 1.807) is 12.1 Å². The van der Waals surface area contributed by atoms with Crippen molar-refractivity contribution in [3.8, 4) is 0 Å². The lowest BCUT2D eigenvalue weighted by Crippen LogP contribution is -2.37. The van der Waals surface area contributed by atoms with Gasteiger partial charge in [-0.1, -0.05) is 0 Å². The van der Waals surface area contributed by atoms with Gasteiger partial charge in [-0.15, -0.1) is 0 Å². The van der Waals surface area contributed by atoms with Crippen LogP contribution in [-0.2, 0) is 4.74 Å². The first kappa shape index (κ1) is 15.6. The van der Waals surface area contributed by atoms with Crippen LogP contribution in [0.1, 0.15) is 11.7 Å². The summed E-state index contributed by atoms with van der Waals surface area (Å²) in [5.41, 5.74) is 1.20. The van der Waals surface area contributed by atoms with Crippen LogP contribution in [0.5, 0.6) is 0 Å². The highest BCUT2D eigenvalue weighted by Crippen LogP contribution is 2.25. The lowest BCUT2D eigenvalue weighted by atomic mass is 10.1. The number of nitrogens with zero attached hydrogens (tertiary/aromatic N) is 4. The first-order chi connectivity index (χ1) is 12.1. The van der Waals surface area contributed by atoms with Crippen molar-refractivity contribution in [2.45, 2.75) is 19.0 Å². The molecule has 0 bridgehead atoms. The van der Waals surface area contributed by atoms with Crippen molar-refractivity contribution in [3.63, 3.8) is 0 Å². The second kappa shape index (κ2) is 6.21. The summed E-state index contributed by atoms with van der Waals surface area (Å²) < 4.78 is 20.6. The molecular weight excluding hydrogens is 325 g/mol. The minimum atomic E-state index is -0.360. The zero-order valence-electron chi connectivity index (χ0n) is 13.5. The van der Waals surface area contributed by atoms with Gasteiger partial charge >= 0.3 is 0 Å². The topological polar surface area (TPSA) is 81.9 Å². The van der Waals surface area contributed by atoms with Gasteiger partial charge in [-0.25, -0.2) is 19.0 Å². The van der Waals surface area contributed by atoms with Crippen molar-refractivity contribution in [1.82, 2.24) is 19.7 Å². The molecule has 3 aromatic rings. The summed E-state index contributed by atoms with van der Waals surface area (Å²) in [5.74, 6) is 0.145. The van der Waals surface area contributed by atoms with Crippen LogP contribution in [0.15, 0.2) is 41.5 Å². The number of anilines is 1. The maximum Gasteiger partial charge on any atom is 0.267 e. The molecule has 0 saturated carbocycles. The van der Waals surface area contributed by atoms with Crippen molar-refractivity contribution in [2.24, 2.45) is 0 Å². The van der Waals surface area contributed by atoms with Crippen LogP contribution in [-0.4, -0.2) is 39.0 Å². The highest BCUT2D eigenvalue weighted by molar-refractivity contribution is 5.88. The number of ether oxygens (including phenoxy) is 1. The number of hydrogen-bond acceptors (Lipinski definition) is 6. The third-order valence-corrected chi connectivity index (χ3v) is 4.24. The minimum Gasteiger partial charge on any atom is -0.377 e. The fourth-order valence-electron chi connectivity index (χ4n) is 3.00. The molecule has 2 aromatic heterocycles. The Balaban J connectivity index is 1.69. The molecule has 2 atom stereocenters. The maximum absolute atomic E-state index is 13.6. The van der Waals surface area contributed by atoms with Crippen LogP contribution in [0.3, 0.4) is 0 Å². The van der Waals surface area contributed by atoms with Gasteiger partial charge in [0.25, 0.3) is 5.56 Å². The van der Waals surface area contributed by atoms with Gasteiger partial charge in [0, 0.05) is 11.5 Å². The van der Waals surface area contributed by atoms with Gasteiger partial charge in [0.2, 0.25) is 0 Å². The van der Waals surface area contributed by atoms with Crippen LogP contribution in [0.2, 0.25) is 0 Å². The minimum absolute atomic E-state index is 0.188. The summed E-state index contributed by atoms with van der Waals surface area (Å²) in [5, 5.41) is 8.16. The third-order valence-electron chi connectivity index (χ3n) is 4.24. The molecular formula is C17H16FN5O2. The largest absolute Gasteiger partial charge is 0.377 e. The molecule has 0 aliphatic carbocycles. The summed E-state index contributed by atoms with van der Waals surface area (Å²) in [6, 6.07) is 7.04. The molecule has 1 aliphatic rings. The number of aryl methyl sites for hydroxylation is 1. The molecule has 3 heterocycles.